The third-order valence-electron chi connectivity index (χ3n) is 0. The van der Waals surface area contributed by atoms with Crippen LogP contribution in [0.25, 0.3) is 0 Å². The van der Waals surface area contributed by atoms with Crippen molar-refractivity contribution in [2.75, 3.05) is 0 Å². The van der Waals surface area contributed by atoms with Crippen LogP contribution in [0.5, 0.6) is 0 Å². The van der Waals surface area contributed by atoms with Crippen LogP contribution >= 0.6 is 0 Å². The summed E-state index contributed by atoms with van der Waals surface area (Å²) in [6, 6.07) is 0. The first kappa shape index (κ1) is 29.6. The second kappa shape index (κ2) is 24.1. The zero-order chi connectivity index (χ0) is 10.7. The van der Waals surface area contributed by atoms with Gasteiger partial charge in [0.05, 0.1) is 34.1 Å². The topological polar surface area (TPSA) is 181 Å². The van der Waals surface area contributed by atoms with Crippen molar-refractivity contribution in [1.82, 2.24) is 0 Å². The maximum absolute atomic E-state index is 8.56. The van der Waals surface area contributed by atoms with E-state index in [0.29, 0.717) is 0 Å². The smallest absolute Gasteiger partial charge is 1.00 e. The molecule has 0 spiro atoms. The minimum absolute atomic E-state index is 0. The Morgan fingerprint density at radius 2 is 0.786 bits per heavy atom. The molecule has 14 heteroatoms. The second-order valence-electron chi connectivity index (χ2n) is 0.651. The first-order valence-corrected chi connectivity index (χ1v) is 4.64. The zero-order valence-electron chi connectivity index (χ0n) is 7.59. The van der Waals surface area contributed by atoms with Gasteiger partial charge in [0.1, 0.15) is 0 Å². The predicted octanol–water partition coefficient (Wildman–Crippen LogP) is -5.25. The van der Waals surface area contributed by atoms with Gasteiger partial charge in [-0.3, -0.25) is 0 Å². The van der Waals surface area contributed by atoms with Crippen LogP contribution in [-0.2, 0) is 34.1 Å². The molecule has 0 aromatic heterocycles. The average Bonchev–Trinajstić information content (AvgIpc) is 1.54. The van der Waals surface area contributed by atoms with Crippen molar-refractivity contribution < 1.29 is 70.9 Å². The fourth-order valence-electron chi connectivity index (χ4n) is 0. The molecular formula is H4AlNaO9S3. The van der Waals surface area contributed by atoms with Gasteiger partial charge in [-0.1, -0.05) is 0 Å². The van der Waals surface area contributed by atoms with Crippen molar-refractivity contribution in [2.24, 2.45) is 0 Å². The molecule has 80 valence electrons. The molecule has 0 rings (SSSR count). The summed E-state index contributed by atoms with van der Waals surface area (Å²) in [5, 5.41) is 0. The molecule has 0 bridgehead atoms. The minimum Gasteiger partial charge on any atom is -1.00 e. The monoisotopic (exact) mass is 294 g/mol. The molecule has 0 aromatic carbocycles. The molecular weight excluding hydrogens is 290 g/mol. The summed E-state index contributed by atoms with van der Waals surface area (Å²) in [7, 11) is 0. The van der Waals surface area contributed by atoms with Crippen molar-refractivity contribution in [3.05, 3.63) is 0 Å². The molecule has 3 unspecified atom stereocenters. The van der Waals surface area contributed by atoms with E-state index in [-0.39, 0.29) is 48.3 Å². The Labute approximate surface area is 121 Å². The van der Waals surface area contributed by atoms with Gasteiger partial charge in [0.15, 0.2) is 0 Å². The molecule has 0 saturated heterocycles. The summed E-state index contributed by atoms with van der Waals surface area (Å²) in [6.45, 7) is 0. The van der Waals surface area contributed by atoms with Gasteiger partial charge in [0.2, 0.25) is 0 Å². The van der Waals surface area contributed by atoms with E-state index in [1.807, 2.05) is 0 Å². The van der Waals surface area contributed by atoms with Crippen molar-refractivity contribution in [3.63, 3.8) is 0 Å². The summed E-state index contributed by atoms with van der Waals surface area (Å²) in [5.41, 5.74) is 0. The SMILES string of the molecule is O=S([O-])O.O=S([O-])O.O=S([O-])O.[Al+3].[H-].[Na+]. The van der Waals surface area contributed by atoms with Crippen molar-refractivity contribution in [2.45, 2.75) is 0 Å². The number of hydrogen-bond donors (Lipinski definition) is 3. The molecule has 0 radical (unpaired) electrons. The van der Waals surface area contributed by atoms with Crippen LogP contribution in [0.4, 0.5) is 0 Å². The summed E-state index contributed by atoms with van der Waals surface area (Å²) in [6.07, 6.45) is 0. The van der Waals surface area contributed by atoms with E-state index in [9.17, 15) is 0 Å². The molecule has 0 heterocycles. The maximum atomic E-state index is 8.56. The van der Waals surface area contributed by atoms with Crippen molar-refractivity contribution in [1.29, 1.82) is 0 Å². The summed E-state index contributed by atoms with van der Waals surface area (Å²) < 4.78 is 72.2. The van der Waals surface area contributed by atoms with E-state index >= 15 is 0 Å². The van der Waals surface area contributed by atoms with Crippen molar-refractivity contribution in [3.8, 4) is 0 Å². The molecule has 0 aliphatic carbocycles. The van der Waals surface area contributed by atoms with Crippen LogP contribution in [0, 0.1) is 0 Å². The molecule has 3 atom stereocenters. The van der Waals surface area contributed by atoms with Crippen LogP contribution in [0.1, 0.15) is 1.43 Å². The Hall–Kier alpha value is 1.74. The van der Waals surface area contributed by atoms with Gasteiger partial charge in [0.25, 0.3) is 0 Å². The molecule has 3 N–H and O–H groups in total. The summed E-state index contributed by atoms with van der Waals surface area (Å²) in [5.74, 6) is 0. The number of hydrogen-bond acceptors (Lipinski definition) is 6. The molecule has 0 saturated carbocycles. The van der Waals surface area contributed by atoms with E-state index in [4.69, 9.17) is 39.9 Å². The molecule has 0 fully saturated rings. The van der Waals surface area contributed by atoms with Gasteiger partial charge in [-0.2, -0.15) is 0 Å². The molecule has 0 aliphatic heterocycles. The van der Waals surface area contributed by atoms with Crippen LogP contribution < -0.4 is 29.6 Å². The molecule has 14 heavy (non-hydrogen) atoms. The zero-order valence-corrected chi connectivity index (χ0v) is 12.2. The van der Waals surface area contributed by atoms with Gasteiger partial charge < -0.3 is 28.7 Å². The van der Waals surface area contributed by atoms with Gasteiger partial charge in [-0.05, 0) is 0 Å². The molecule has 0 amide bonds. The molecule has 9 nitrogen and oxygen atoms in total. The third kappa shape index (κ3) is 735. The quantitative estimate of drug-likeness (QED) is 0.290. The summed E-state index contributed by atoms with van der Waals surface area (Å²) >= 11 is -8.58. The predicted molar refractivity (Wildman–Crippen MR) is 41.5 cm³/mol. The first-order valence-electron chi connectivity index (χ1n) is 1.55. The van der Waals surface area contributed by atoms with Gasteiger partial charge in [-0.25, -0.2) is 12.6 Å². The Morgan fingerprint density at radius 1 is 0.786 bits per heavy atom. The van der Waals surface area contributed by atoms with E-state index < -0.39 is 34.1 Å². The summed E-state index contributed by atoms with van der Waals surface area (Å²) in [4.78, 5) is 0. The van der Waals surface area contributed by atoms with E-state index in [1.54, 1.807) is 0 Å². The van der Waals surface area contributed by atoms with Gasteiger partial charge in [-0.15, -0.1) is 0 Å². The largest absolute Gasteiger partial charge is 3.00 e. The van der Waals surface area contributed by atoms with Crippen LogP contribution in [0.15, 0.2) is 0 Å². The normalized spacial score (nSPS) is 13.3. The van der Waals surface area contributed by atoms with Crippen molar-refractivity contribution >= 4 is 51.4 Å². The fraction of sp³-hybridized carbons (Fsp3) is 0. The third-order valence-corrected chi connectivity index (χ3v) is 0. The van der Waals surface area contributed by atoms with E-state index in [2.05, 4.69) is 0 Å². The van der Waals surface area contributed by atoms with Crippen LogP contribution in [0.2, 0.25) is 0 Å². The average molecular weight is 294 g/mol. The van der Waals surface area contributed by atoms with E-state index in [0.717, 1.165) is 0 Å². The fourth-order valence-corrected chi connectivity index (χ4v) is 0. The van der Waals surface area contributed by atoms with Crippen LogP contribution in [-0.4, -0.2) is 57.3 Å². The van der Waals surface area contributed by atoms with E-state index in [1.165, 1.54) is 0 Å². The van der Waals surface area contributed by atoms with Crippen LogP contribution in [0.3, 0.4) is 0 Å². The van der Waals surface area contributed by atoms with Gasteiger partial charge >= 0.3 is 46.9 Å². The first-order chi connectivity index (χ1) is 5.20. The second-order valence-corrected chi connectivity index (χ2v) is 1.95. The molecule has 0 aromatic rings. The Morgan fingerprint density at radius 3 is 0.786 bits per heavy atom. The molecule has 0 aliphatic rings. The van der Waals surface area contributed by atoms with Gasteiger partial charge in [0, 0.05) is 0 Å². The Kier molecular flexibility index (Phi) is 51.1. The minimum atomic E-state index is -2.86. The Balaban J connectivity index is -0.0000000184. The standard InChI is InChI=1S/Al.Na.3H2O3S.H/c;;3*1-4(2)3;/h;;3*(H2,1,2,3);/q+3;+1;;;;-1/p-3. The maximum Gasteiger partial charge on any atom is 3.00 e. The number of rotatable bonds is 0. The Bertz CT molecular complexity index is 123.